The second-order valence-electron chi connectivity index (χ2n) is 3.06. The van der Waals surface area contributed by atoms with Gasteiger partial charge in [0, 0.05) is 12.0 Å². The molecule has 0 radical (unpaired) electrons. The van der Waals surface area contributed by atoms with Crippen molar-refractivity contribution in [2.45, 2.75) is 18.4 Å². The summed E-state index contributed by atoms with van der Waals surface area (Å²) in [6.07, 6.45) is 1.05. The number of hydrogen-bond donors (Lipinski definition) is 1. The molecule has 0 saturated heterocycles. The second kappa shape index (κ2) is 2.31. The molecule has 1 fully saturated rings. The number of nitrogens with two attached hydrogens (primary N) is 1. The van der Waals surface area contributed by atoms with E-state index in [1.165, 1.54) is 17.7 Å². The van der Waals surface area contributed by atoms with Crippen LogP contribution in [0, 0.1) is 5.82 Å². The summed E-state index contributed by atoms with van der Waals surface area (Å²) in [5.41, 5.74) is 6.81. The van der Waals surface area contributed by atoms with Crippen molar-refractivity contribution in [3.8, 4) is 0 Å². The summed E-state index contributed by atoms with van der Waals surface area (Å²) in [5, 5.41) is 0. The van der Waals surface area contributed by atoms with Gasteiger partial charge in [0.25, 0.3) is 0 Å². The molecule has 11 heavy (non-hydrogen) atoms. The molecular weight excluding hydrogens is 141 g/mol. The molecule has 0 aliphatic heterocycles. The maximum Gasteiger partial charge on any atom is 0.123 e. The van der Waals surface area contributed by atoms with E-state index in [0.29, 0.717) is 12.0 Å². The Balaban J connectivity index is 2.21. The summed E-state index contributed by atoms with van der Waals surface area (Å²) in [6, 6.07) is 6.90. The van der Waals surface area contributed by atoms with Gasteiger partial charge in [-0.05, 0) is 24.1 Å². The Labute approximate surface area is 65.0 Å². The number of halogens is 1. The van der Waals surface area contributed by atoms with E-state index in [1.807, 2.05) is 12.1 Å². The van der Waals surface area contributed by atoms with Crippen LogP contribution >= 0.6 is 0 Å². The maximum atomic E-state index is 12.4. The molecule has 2 atom stereocenters. The molecule has 2 N–H and O–H groups in total. The summed E-state index contributed by atoms with van der Waals surface area (Å²) in [6.45, 7) is 0. The van der Waals surface area contributed by atoms with Crippen LogP contribution < -0.4 is 5.73 Å². The summed E-state index contributed by atoms with van der Waals surface area (Å²) in [7, 11) is 0. The zero-order valence-corrected chi connectivity index (χ0v) is 6.13. The van der Waals surface area contributed by atoms with Gasteiger partial charge in [0.2, 0.25) is 0 Å². The third-order valence-electron chi connectivity index (χ3n) is 2.14. The van der Waals surface area contributed by atoms with E-state index >= 15 is 0 Å². The SMILES string of the molecule is N[C@H]1CC1c1ccc(F)cc1. The molecule has 0 bridgehead atoms. The first-order valence-corrected chi connectivity index (χ1v) is 3.78. The highest BCUT2D eigenvalue weighted by molar-refractivity contribution is 5.27. The van der Waals surface area contributed by atoms with Crippen molar-refractivity contribution >= 4 is 0 Å². The molecule has 0 aromatic heterocycles. The zero-order valence-electron chi connectivity index (χ0n) is 6.13. The molecule has 1 aromatic rings. The molecule has 2 rings (SSSR count). The minimum atomic E-state index is -0.178. The average molecular weight is 151 g/mol. The molecule has 1 saturated carbocycles. The van der Waals surface area contributed by atoms with Crippen LogP contribution in [0.15, 0.2) is 24.3 Å². The predicted octanol–water partition coefficient (Wildman–Crippen LogP) is 1.64. The maximum absolute atomic E-state index is 12.4. The van der Waals surface area contributed by atoms with Crippen LogP contribution in [0.5, 0.6) is 0 Å². The van der Waals surface area contributed by atoms with Crippen LogP contribution in [-0.2, 0) is 0 Å². The van der Waals surface area contributed by atoms with E-state index in [-0.39, 0.29) is 5.82 Å². The Kier molecular flexibility index (Phi) is 1.43. The van der Waals surface area contributed by atoms with Gasteiger partial charge in [-0.15, -0.1) is 0 Å². The fourth-order valence-electron chi connectivity index (χ4n) is 1.31. The predicted molar refractivity (Wildman–Crippen MR) is 41.7 cm³/mol. The summed E-state index contributed by atoms with van der Waals surface area (Å²) in [4.78, 5) is 0. The first kappa shape index (κ1) is 6.80. The molecule has 1 nitrogen and oxygen atoms in total. The van der Waals surface area contributed by atoms with Gasteiger partial charge in [0.05, 0.1) is 0 Å². The van der Waals surface area contributed by atoms with E-state index < -0.39 is 0 Å². The first-order chi connectivity index (χ1) is 5.27. The molecule has 1 aromatic carbocycles. The number of rotatable bonds is 1. The molecular formula is C9H10FN. The fourth-order valence-corrected chi connectivity index (χ4v) is 1.31. The Morgan fingerprint density at radius 2 is 1.82 bits per heavy atom. The lowest BCUT2D eigenvalue weighted by molar-refractivity contribution is 0.627. The third kappa shape index (κ3) is 1.26. The first-order valence-electron chi connectivity index (χ1n) is 3.78. The normalized spacial score (nSPS) is 28.5. The van der Waals surface area contributed by atoms with E-state index in [1.54, 1.807) is 0 Å². The molecule has 1 aliphatic carbocycles. The monoisotopic (exact) mass is 151 g/mol. The second-order valence-corrected chi connectivity index (χ2v) is 3.06. The summed E-state index contributed by atoms with van der Waals surface area (Å²) in [5.74, 6) is 0.304. The molecule has 58 valence electrons. The van der Waals surface area contributed by atoms with Crippen molar-refractivity contribution in [1.82, 2.24) is 0 Å². The van der Waals surface area contributed by atoms with Crippen molar-refractivity contribution < 1.29 is 4.39 Å². The topological polar surface area (TPSA) is 26.0 Å². The van der Waals surface area contributed by atoms with E-state index in [4.69, 9.17) is 5.73 Å². The van der Waals surface area contributed by atoms with Gasteiger partial charge in [-0.3, -0.25) is 0 Å². The van der Waals surface area contributed by atoms with E-state index in [0.717, 1.165) is 6.42 Å². The molecule has 2 heteroatoms. The Bertz CT molecular complexity index is 255. The van der Waals surface area contributed by atoms with Gasteiger partial charge >= 0.3 is 0 Å². The van der Waals surface area contributed by atoms with Gasteiger partial charge < -0.3 is 5.73 Å². The van der Waals surface area contributed by atoms with Crippen molar-refractivity contribution in [1.29, 1.82) is 0 Å². The molecule has 0 heterocycles. The van der Waals surface area contributed by atoms with Crippen molar-refractivity contribution in [2.24, 2.45) is 5.73 Å². The van der Waals surface area contributed by atoms with Crippen molar-refractivity contribution in [3.63, 3.8) is 0 Å². The van der Waals surface area contributed by atoms with Crippen LogP contribution in [0.3, 0.4) is 0 Å². The zero-order chi connectivity index (χ0) is 7.84. The largest absolute Gasteiger partial charge is 0.327 e. The van der Waals surface area contributed by atoms with Crippen LogP contribution in [0.1, 0.15) is 17.9 Å². The molecule has 1 unspecified atom stereocenters. The van der Waals surface area contributed by atoms with Crippen LogP contribution in [-0.4, -0.2) is 6.04 Å². The average Bonchev–Trinajstić information content (AvgIpc) is 2.69. The lowest BCUT2D eigenvalue weighted by Crippen LogP contribution is -2.00. The van der Waals surface area contributed by atoms with E-state index in [9.17, 15) is 4.39 Å². The van der Waals surface area contributed by atoms with Gasteiger partial charge in [0.1, 0.15) is 5.82 Å². The van der Waals surface area contributed by atoms with E-state index in [2.05, 4.69) is 0 Å². The molecule has 1 aliphatic rings. The lowest BCUT2D eigenvalue weighted by atomic mass is 10.1. The number of benzene rings is 1. The highest BCUT2D eigenvalue weighted by atomic mass is 19.1. The van der Waals surface area contributed by atoms with Gasteiger partial charge in [-0.2, -0.15) is 0 Å². The summed E-state index contributed by atoms with van der Waals surface area (Å²) < 4.78 is 12.4. The highest BCUT2D eigenvalue weighted by Gasteiger charge is 2.34. The Morgan fingerprint density at radius 1 is 1.27 bits per heavy atom. The Morgan fingerprint density at radius 3 is 2.27 bits per heavy atom. The highest BCUT2D eigenvalue weighted by Crippen LogP contribution is 2.38. The number of hydrogen-bond acceptors (Lipinski definition) is 1. The van der Waals surface area contributed by atoms with Crippen molar-refractivity contribution in [2.75, 3.05) is 0 Å². The molecule has 0 amide bonds. The van der Waals surface area contributed by atoms with Gasteiger partial charge in [-0.1, -0.05) is 12.1 Å². The van der Waals surface area contributed by atoms with Gasteiger partial charge in [-0.25, -0.2) is 4.39 Å². The van der Waals surface area contributed by atoms with Crippen LogP contribution in [0.2, 0.25) is 0 Å². The van der Waals surface area contributed by atoms with Gasteiger partial charge in [0.15, 0.2) is 0 Å². The van der Waals surface area contributed by atoms with Crippen LogP contribution in [0.25, 0.3) is 0 Å². The standard InChI is InChI=1S/C9H10FN/c10-7-3-1-6(2-4-7)8-5-9(8)11/h1-4,8-9H,5,11H2/t8?,9-/m0/s1. The minimum absolute atomic E-state index is 0.178. The quantitative estimate of drug-likeness (QED) is 0.648. The fraction of sp³-hybridized carbons (Fsp3) is 0.333. The van der Waals surface area contributed by atoms with Crippen LogP contribution in [0.4, 0.5) is 4.39 Å². The lowest BCUT2D eigenvalue weighted by Gasteiger charge is -1.96. The Hall–Kier alpha value is -0.890. The van der Waals surface area contributed by atoms with Crippen molar-refractivity contribution in [3.05, 3.63) is 35.6 Å². The smallest absolute Gasteiger partial charge is 0.123 e. The minimum Gasteiger partial charge on any atom is -0.327 e. The third-order valence-corrected chi connectivity index (χ3v) is 2.14. The molecule has 0 spiro atoms. The summed E-state index contributed by atoms with van der Waals surface area (Å²) >= 11 is 0.